The molecule has 2 heterocycles. The summed E-state index contributed by atoms with van der Waals surface area (Å²) in [5.41, 5.74) is 0.271. The van der Waals surface area contributed by atoms with E-state index in [0.29, 0.717) is 23.5 Å². The van der Waals surface area contributed by atoms with E-state index in [1.165, 1.54) is 10.8 Å². The fourth-order valence-corrected chi connectivity index (χ4v) is 6.65. The molecule has 0 saturated carbocycles. The van der Waals surface area contributed by atoms with Crippen LogP contribution >= 0.6 is 7.82 Å². The summed E-state index contributed by atoms with van der Waals surface area (Å²) < 4.78 is 42.6. The third kappa shape index (κ3) is 7.98. The molecule has 1 aromatic heterocycles. The number of benzene rings is 3. The van der Waals surface area contributed by atoms with Gasteiger partial charge in [-0.3, -0.25) is 18.9 Å². The zero-order valence-electron chi connectivity index (χ0n) is 27.1. The van der Waals surface area contributed by atoms with E-state index in [1.807, 2.05) is 78.9 Å². The molecule has 48 heavy (non-hydrogen) atoms. The van der Waals surface area contributed by atoms with Crippen molar-refractivity contribution >= 4 is 7.82 Å². The standard InChI is InChI=1S/C35H41N2O10P/c1-4-5-7-10-24-22-37(34(39)36-33(24)38)32-21-30(47-48(40,41)42)31(46-32)23-45-35(25-11-8-6-9-12-25,26-13-17-28(43-2)18-14-26)27-15-19-29(44-3)20-16-27/h6,8-9,11-20,22,30-32H,4-5,7,10,21,23H2,1-3H3,(H,36,38,39)(H2,40,41,42)/t30?,31-,32-/m0/s1. The van der Waals surface area contributed by atoms with Crippen LogP contribution in [0.3, 0.4) is 0 Å². The van der Waals surface area contributed by atoms with E-state index >= 15 is 0 Å². The molecule has 0 amide bonds. The van der Waals surface area contributed by atoms with Crippen molar-refractivity contribution in [2.75, 3.05) is 20.8 Å². The maximum Gasteiger partial charge on any atom is 0.469 e. The molecular formula is C35H41N2O10P. The Labute approximate surface area is 278 Å². The Kier molecular flexibility index (Phi) is 11.4. The Balaban J connectivity index is 1.55. The molecular weight excluding hydrogens is 639 g/mol. The van der Waals surface area contributed by atoms with Crippen molar-refractivity contribution < 1.29 is 37.8 Å². The summed E-state index contributed by atoms with van der Waals surface area (Å²) in [4.78, 5) is 47.5. The predicted octanol–water partition coefficient (Wildman–Crippen LogP) is 5.06. The molecule has 3 N–H and O–H groups in total. The lowest BCUT2D eigenvalue weighted by atomic mass is 9.80. The highest BCUT2D eigenvalue weighted by molar-refractivity contribution is 7.46. The van der Waals surface area contributed by atoms with Gasteiger partial charge in [0.05, 0.1) is 20.8 Å². The van der Waals surface area contributed by atoms with Crippen LogP contribution in [0, 0.1) is 0 Å². The van der Waals surface area contributed by atoms with E-state index in [-0.39, 0.29) is 13.0 Å². The van der Waals surface area contributed by atoms with Gasteiger partial charge in [0.15, 0.2) is 0 Å². The van der Waals surface area contributed by atoms with Gasteiger partial charge in [-0.05, 0) is 53.8 Å². The fourth-order valence-electron chi connectivity index (χ4n) is 6.07. The number of unbranched alkanes of at least 4 members (excludes halogenated alkanes) is 2. The average Bonchev–Trinajstić information content (AvgIpc) is 3.47. The van der Waals surface area contributed by atoms with Gasteiger partial charge in [-0.25, -0.2) is 9.36 Å². The average molecular weight is 681 g/mol. The summed E-state index contributed by atoms with van der Waals surface area (Å²) in [5, 5.41) is 0. The van der Waals surface area contributed by atoms with Crippen LogP contribution in [-0.2, 0) is 30.6 Å². The second-order valence-corrected chi connectivity index (χ2v) is 12.8. The van der Waals surface area contributed by atoms with Crippen LogP contribution in [0.1, 0.15) is 61.1 Å². The van der Waals surface area contributed by atoms with Crippen molar-refractivity contribution in [2.24, 2.45) is 0 Å². The van der Waals surface area contributed by atoms with Crippen LogP contribution in [0.4, 0.5) is 0 Å². The largest absolute Gasteiger partial charge is 0.497 e. The Hall–Kier alpha value is -4.03. The Morgan fingerprint density at radius 2 is 1.48 bits per heavy atom. The minimum absolute atomic E-state index is 0.0805. The van der Waals surface area contributed by atoms with Gasteiger partial charge in [0.2, 0.25) is 0 Å². The zero-order chi connectivity index (χ0) is 34.3. The van der Waals surface area contributed by atoms with E-state index in [9.17, 15) is 23.9 Å². The smallest absolute Gasteiger partial charge is 0.469 e. The Bertz CT molecular complexity index is 1760. The number of rotatable bonds is 15. The first-order valence-corrected chi connectivity index (χ1v) is 17.3. The molecule has 0 bridgehead atoms. The minimum Gasteiger partial charge on any atom is -0.497 e. The van der Waals surface area contributed by atoms with Crippen LogP contribution in [-0.4, -0.2) is 52.4 Å². The second-order valence-electron chi connectivity index (χ2n) is 11.6. The Morgan fingerprint density at radius 1 is 0.896 bits per heavy atom. The third-order valence-electron chi connectivity index (χ3n) is 8.49. The van der Waals surface area contributed by atoms with Crippen LogP contribution in [0.15, 0.2) is 94.6 Å². The Morgan fingerprint density at radius 3 is 2.02 bits per heavy atom. The number of ether oxygens (including phenoxy) is 4. The van der Waals surface area contributed by atoms with Gasteiger partial charge in [-0.15, -0.1) is 0 Å². The highest BCUT2D eigenvalue weighted by atomic mass is 31.2. The minimum atomic E-state index is -4.98. The molecule has 3 aromatic carbocycles. The van der Waals surface area contributed by atoms with Gasteiger partial charge >= 0.3 is 13.5 Å². The van der Waals surface area contributed by atoms with E-state index < -0.39 is 43.1 Å². The highest BCUT2D eigenvalue weighted by Gasteiger charge is 2.45. The van der Waals surface area contributed by atoms with Gasteiger partial charge in [-0.1, -0.05) is 74.4 Å². The molecule has 12 nitrogen and oxygen atoms in total. The van der Waals surface area contributed by atoms with Crippen molar-refractivity contribution in [2.45, 2.75) is 63.1 Å². The molecule has 1 fully saturated rings. The summed E-state index contributed by atoms with van der Waals surface area (Å²) in [6, 6.07) is 24.4. The van der Waals surface area contributed by atoms with E-state index in [4.69, 9.17) is 23.5 Å². The first kappa shape index (κ1) is 35.3. The second kappa shape index (κ2) is 15.5. The summed E-state index contributed by atoms with van der Waals surface area (Å²) >= 11 is 0. The van der Waals surface area contributed by atoms with E-state index in [1.54, 1.807) is 14.2 Å². The van der Waals surface area contributed by atoms with Gasteiger partial charge in [0.25, 0.3) is 5.56 Å². The molecule has 1 aliphatic rings. The molecule has 0 spiro atoms. The summed E-state index contributed by atoms with van der Waals surface area (Å²) in [6.45, 7) is 1.85. The number of hydrogen-bond acceptors (Lipinski definition) is 8. The van der Waals surface area contributed by atoms with Crippen molar-refractivity contribution in [1.29, 1.82) is 0 Å². The molecule has 0 aliphatic carbocycles. The van der Waals surface area contributed by atoms with Crippen molar-refractivity contribution in [3.63, 3.8) is 0 Å². The van der Waals surface area contributed by atoms with E-state index in [0.717, 1.165) is 36.0 Å². The van der Waals surface area contributed by atoms with Crippen LogP contribution in [0.5, 0.6) is 11.5 Å². The number of nitrogens with zero attached hydrogens (tertiary/aromatic N) is 1. The number of methoxy groups -OCH3 is 2. The predicted molar refractivity (Wildman–Crippen MR) is 178 cm³/mol. The third-order valence-corrected chi connectivity index (χ3v) is 9.04. The SMILES string of the molecule is CCCCCc1cn([C@@H]2CC(OP(=O)(O)O)[C@H](COC(c3ccccc3)(c3ccc(OC)cc3)c3ccc(OC)cc3)O2)c(=O)[nH]c1=O. The molecule has 3 atom stereocenters. The molecule has 1 aliphatic heterocycles. The lowest BCUT2D eigenvalue weighted by Crippen LogP contribution is -2.38. The maximum absolute atomic E-state index is 13.0. The topological polar surface area (TPSA) is 159 Å². The first-order valence-electron chi connectivity index (χ1n) is 15.8. The molecule has 256 valence electrons. The number of nitrogens with one attached hydrogen (secondary N) is 1. The number of aromatic nitrogens is 2. The van der Waals surface area contributed by atoms with Gasteiger partial charge in [-0.2, -0.15) is 0 Å². The molecule has 4 aromatic rings. The summed E-state index contributed by atoms with van der Waals surface area (Å²) in [6.07, 6.45) is 1.33. The lowest BCUT2D eigenvalue weighted by Gasteiger charge is -2.37. The number of phosphoric acid groups is 1. The van der Waals surface area contributed by atoms with Crippen LogP contribution in [0.2, 0.25) is 0 Å². The van der Waals surface area contributed by atoms with Crippen molar-refractivity contribution in [1.82, 2.24) is 9.55 Å². The molecule has 13 heteroatoms. The highest BCUT2D eigenvalue weighted by Crippen LogP contribution is 2.46. The number of H-pyrrole nitrogens is 1. The van der Waals surface area contributed by atoms with Crippen LogP contribution in [0.25, 0.3) is 0 Å². The lowest BCUT2D eigenvalue weighted by molar-refractivity contribution is -0.0934. The first-order chi connectivity index (χ1) is 23.1. The monoisotopic (exact) mass is 680 g/mol. The van der Waals surface area contributed by atoms with Gasteiger partial charge in [0, 0.05) is 18.2 Å². The molecule has 1 unspecified atom stereocenters. The molecule has 0 radical (unpaired) electrons. The van der Waals surface area contributed by atoms with Crippen molar-refractivity contribution in [3.05, 3.63) is 128 Å². The number of hydrogen-bond donors (Lipinski definition) is 3. The molecule has 5 rings (SSSR count). The van der Waals surface area contributed by atoms with Crippen molar-refractivity contribution in [3.8, 4) is 11.5 Å². The maximum atomic E-state index is 13.0. The summed E-state index contributed by atoms with van der Waals surface area (Å²) in [7, 11) is -1.82. The fraction of sp³-hybridized carbons (Fsp3) is 0.371. The normalized spacial score (nSPS) is 18.1. The van der Waals surface area contributed by atoms with Gasteiger partial charge in [0.1, 0.15) is 35.5 Å². The number of aromatic amines is 1. The number of aryl methyl sites for hydroxylation is 1. The zero-order valence-corrected chi connectivity index (χ0v) is 28.0. The quantitative estimate of drug-likeness (QED) is 0.0881. The van der Waals surface area contributed by atoms with E-state index in [2.05, 4.69) is 11.9 Å². The summed E-state index contributed by atoms with van der Waals surface area (Å²) in [5.74, 6) is 1.29. The number of phosphoric ester groups is 1. The van der Waals surface area contributed by atoms with Crippen LogP contribution < -0.4 is 20.7 Å². The van der Waals surface area contributed by atoms with Gasteiger partial charge < -0.3 is 28.7 Å². The molecule has 1 saturated heterocycles.